The molecule has 1 unspecified atom stereocenters. The van der Waals surface area contributed by atoms with Crippen LogP contribution in [0.5, 0.6) is 0 Å². The molecule has 0 saturated carbocycles. The number of amides is 1. The van der Waals surface area contributed by atoms with Crippen LogP contribution in [0.4, 0.5) is 11.5 Å². The number of morpholine rings is 1. The molecule has 0 N–H and O–H groups in total. The number of ether oxygens (including phenoxy) is 1. The molecule has 1 saturated heterocycles. The summed E-state index contributed by atoms with van der Waals surface area (Å²) < 4.78 is 6.52. The molecule has 0 bridgehead atoms. The number of fused-ring (bicyclic) bond motifs is 1. The molecule has 0 radical (unpaired) electrons. The van der Waals surface area contributed by atoms with Gasteiger partial charge in [-0.15, -0.1) is 0 Å². The van der Waals surface area contributed by atoms with E-state index in [4.69, 9.17) is 4.74 Å². The fourth-order valence-electron chi connectivity index (χ4n) is 3.50. The monoisotopic (exact) mass is 412 g/mol. The van der Waals surface area contributed by atoms with Crippen molar-refractivity contribution in [1.82, 2.24) is 4.98 Å². The molecule has 0 spiro atoms. The lowest BCUT2D eigenvalue weighted by Crippen LogP contribution is -2.51. The van der Waals surface area contributed by atoms with Gasteiger partial charge in [0.25, 0.3) is 5.91 Å². The smallest absolute Gasteiger partial charge is 0.257 e. The van der Waals surface area contributed by atoms with Gasteiger partial charge >= 0.3 is 0 Å². The minimum Gasteiger partial charge on any atom is -0.365 e. The summed E-state index contributed by atoms with van der Waals surface area (Å²) in [6.07, 6.45) is 1.97. The van der Waals surface area contributed by atoms with E-state index in [2.05, 4.69) is 33.0 Å². The third-order valence-corrected chi connectivity index (χ3v) is 5.18. The van der Waals surface area contributed by atoms with Crippen molar-refractivity contribution in [3.8, 4) is 6.07 Å². The van der Waals surface area contributed by atoms with Crippen molar-refractivity contribution >= 4 is 33.3 Å². The maximum Gasteiger partial charge on any atom is 0.257 e. The molecule has 132 valence electrons. The van der Waals surface area contributed by atoms with Gasteiger partial charge in [-0.25, -0.2) is 4.98 Å². The minimum absolute atomic E-state index is 0.0322. The Morgan fingerprint density at radius 1 is 1.35 bits per heavy atom. The molecule has 1 amide bonds. The zero-order chi connectivity index (χ0) is 18.1. The van der Waals surface area contributed by atoms with Crippen molar-refractivity contribution in [1.29, 1.82) is 5.26 Å². The molecule has 2 aliphatic heterocycles. The Morgan fingerprint density at radius 3 is 3.04 bits per heavy atom. The summed E-state index contributed by atoms with van der Waals surface area (Å²) >= 11 is 3.34. The molecule has 2 aromatic rings. The quantitative estimate of drug-likeness (QED) is 0.757. The number of anilines is 2. The molecule has 1 fully saturated rings. The van der Waals surface area contributed by atoms with Gasteiger partial charge in [-0.05, 0) is 40.0 Å². The van der Waals surface area contributed by atoms with Crippen molar-refractivity contribution in [3.05, 3.63) is 52.1 Å². The van der Waals surface area contributed by atoms with Gasteiger partial charge in [-0.1, -0.05) is 18.2 Å². The normalized spacial score (nSPS) is 19.2. The van der Waals surface area contributed by atoms with E-state index in [0.717, 1.165) is 16.6 Å². The summed E-state index contributed by atoms with van der Waals surface area (Å²) in [5.41, 5.74) is 2.64. The minimum atomic E-state index is -0.563. The van der Waals surface area contributed by atoms with Gasteiger partial charge in [0.1, 0.15) is 11.9 Å². The molecule has 0 aliphatic carbocycles. The van der Waals surface area contributed by atoms with E-state index in [-0.39, 0.29) is 5.91 Å². The van der Waals surface area contributed by atoms with Gasteiger partial charge in [-0.2, -0.15) is 5.26 Å². The highest BCUT2D eigenvalue weighted by molar-refractivity contribution is 9.10. The van der Waals surface area contributed by atoms with Crippen LogP contribution in [0.15, 0.2) is 41.0 Å². The fraction of sp³-hybridized carbons (Fsp3) is 0.316. The number of aromatic nitrogens is 1. The highest BCUT2D eigenvalue weighted by atomic mass is 79.9. The SMILES string of the molecule is N#Cc1cc(Br)cnc1N1CCOC(C(=O)N2CCc3ccccc32)C1. The number of rotatable bonds is 2. The molecule has 3 heterocycles. The second-order valence-corrected chi connectivity index (χ2v) is 7.23. The highest BCUT2D eigenvalue weighted by Gasteiger charge is 2.34. The summed E-state index contributed by atoms with van der Waals surface area (Å²) in [4.78, 5) is 21.2. The Bertz CT molecular complexity index is 895. The van der Waals surface area contributed by atoms with E-state index in [1.807, 2.05) is 28.0 Å². The predicted molar refractivity (Wildman–Crippen MR) is 101 cm³/mol. The predicted octanol–water partition coefficient (Wildman–Crippen LogP) is 2.51. The van der Waals surface area contributed by atoms with E-state index < -0.39 is 6.10 Å². The summed E-state index contributed by atoms with van der Waals surface area (Å²) in [6, 6.07) is 11.9. The number of hydrogen-bond donors (Lipinski definition) is 0. The van der Waals surface area contributed by atoms with E-state index in [9.17, 15) is 10.1 Å². The van der Waals surface area contributed by atoms with Crippen LogP contribution in [-0.2, 0) is 16.0 Å². The van der Waals surface area contributed by atoms with Crippen LogP contribution in [0.1, 0.15) is 11.1 Å². The summed E-state index contributed by atoms with van der Waals surface area (Å²) in [5, 5.41) is 9.39. The van der Waals surface area contributed by atoms with Gasteiger partial charge in [0.2, 0.25) is 0 Å². The van der Waals surface area contributed by atoms with E-state index in [1.54, 1.807) is 12.3 Å². The first-order valence-corrected chi connectivity index (χ1v) is 9.28. The maximum absolute atomic E-state index is 13.0. The van der Waals surface area contributed by atoms with Crippen LogP contribution < -0.4 is 9.80 Å². The van der Waals surface area contributed by atoms with E-state index in [1.165, 1.54) is 5.56 Å². The molecule has 1 aromatic heterocycles. The maximum atomic E-state index is 13.0. The molecule has 6 nitrogen and oxygen atoms in total. The Labute approximate surface area is 160 Å². The number of para-hydroxylation sites is 1. The van der Waals surface area contributed by atoms with Crippen LogP contribution in [0.25, 0.3) is 0 Å². The third-order valence-electron chi connectivity index (χ3n) is 4.75. The first kappa shape index (κ1) is 17.0. The number of pyridine rings is 1. The molecule has 1 atom stereocenters. The highest BCUT2D eigenvalue weighted by Crippen LogP contribution is 2.29. The van der Waals surface area contributed by atoms with Gasteiger partial charge < -0.3 is 14.5 Å². The summed E-state index contributed by atoms with van der Waals surface area (Å²) in [5.74, 6) is 0.564. The molecule has 1 aromatic carbocycles. The van der Waals surface area contributed by atoms with Gasteiger partial charge in [0.15, 0.2) is 6.10 Å². The first-order valence-electron chi connectivity index (χ1n) is 8.49. The van der Waals surface area contributed by atoms with E-state index >= 15 is 0 Å². The molecular weight excluding hydrogens is 396 g/mol. The van der Waals surface area contributed by atoms with E-state index in [0.29, 0.717) is 37.6 Å². The second-order valence-electron chi connectivity index (χ2n) is 6.31. The lowest BCUT2D eigenvalue weighted by molar-refractivity contribution is -0.130. The van der Waals surface area contributed by atoms with Crippen LogP contribution >= 0.6 is 15.9 Å². The second kappa shape index (κ2) is 7.06. The first-order chi connectivity index (χ1) is 12.7. The number of nitrogens with zero attached hydrogens (tertiary/aromatic N) is 4. The number of carbonyl (C=O) groups excluding carboxylic acids is 1. The van der Waals surface area contributed by atoms with Crippen molar-refractivity contribution in [2.75, 3.05) is 36.0 Å². The lowest BCUT2D eigenvalue weighted by Gasteiger charge is -2.35. The number of carbonyl (C=O) groups is 1. The number of hydrogen-bond acceptors (Lipinski definition) is 5. The van der Waals surface area contributed by atoms with Crippen LogP contribution in [0.3, 0.4) is 0 Å². The summed E-state index contributed by atoms with van der Waals surface area (Å²) in [6.45, 7) is 2.09. The van der Waals surface area contributed by atoms with Gasteiger partial charge in [-0.3, -0.25) is 4.79 Å². The van der Waals surface area contributed by atoms with Crippen LogP contribution in [-0.4, -0.2) is 43.2 Å². The average molecular weight is 413 g/mol. The van der Waals surface area contributed by atoms with Crippen molar-refractivity contribution in [3.63, 3.8) is 0 Å². The van der Waals surface area contributed by atoms with Crippen molar-refractivity contribution in [2.45, 2.75) is 12.5 Å². The third kappa shape index (κ3) is 3.06. The Balaban J connectivity index is 1.55. The zero-order valence-corrected chi connectivity index (χ0v) is 15.6. The Morgan fingerprint density at radius 2 is 2.19 bits per heavy atom. The lowest BCUT2D eigenvalue weighted by atomic mass is 10.1. The van der Waals surface area contributed by atoms with Crippen molar-refractivity contribution < 1.29 is 9.53 Å². The number of benzene rings is 1. The van der Waals surface area contributed by atoms with Gasteiger partial charge in [0, 0.05) is 29.4 Å². The molecule has 26 heavy (non-hydrogen) atoms. The fourth-order valence-corrected chi connectivity index (χ4v) is 3.83. The molecule has 2 aliphatic rings. The molecule has 7 heteroatoms. The molecular formula is C19H17BrN4O2. The van der Waals surface area contributed by atoms with Gasteiger partial charge in [0.05, 0.1) is 18.7 Å². The Hall–Kier alpha value is -2.43. The van der Waals surface area contributed by atoms with Crippen LogP contribution in [0, 0.1) is 11.3 Å². The number of halogens is 1. The Kier molecular flexibility index (Phi) is 4.62. The van der Waals surface area contributed by atoms with Crippen molar-refractivity contribution in [2.24, 2.45) is 0 Å². The average Bonchev–Trinajstić information content (AvgIpc) is 3.11. The number of nitriles is 1. The largest absolute Gasteiger partial charge is 0.365 e. The standard InChI is InChI=1S/C19H17BrN4O2/c20-15-9-14(10-21)18(22-11-15)23-7-8-26-17(12-23)19(25)24-6-5-13-3-1-2-4-16(13)24/h1-4,9,11,17H,5-8,12H2. The zero-order valence-electron chi connectivity index (χ0n) is 14.1. The summed E-state index contributed by atoms with van der Waals surface area (Å²) in [7, 11) is 0. The molecule has 4 rings (SSSR count). The topological polar surface area (TPSA) is 69.5 Å². The van der Waals surface area contributed by atoms with Crippen LogP contribution in [0.2, 0.25) is 0 Å².